The second kappa shape index (κ2) is 14.0. The third kappa shape index (κ3) is 5.11. The summed E-state index contributed by atoms with van der Waals surface area (Å²) in [5, 5.41) is 58.8. The van der Waals surface area contributed by atoms with Crippen molar-refractivity contribution in [2.75, 3.05) is 7.05 Å². The molecule has 1 aliphatic heterocycles. The van der Waals surface area contributed by atoms with E-state index in [1.807, 2.05) is 13.1 Å². The lowest BCUT2D eigenvalue weighted by molar-refractivity contribution is -0.354. The summed E-state index contributed by atoms with van der Waals surface area (Å²) < 4.78 is 6.29. The summed E-state index contributed by atoms with van der Waals surface area (Å²) in [6.07, 6.45) is 17.1. The van der Waals surface area contributed by atoms with Gasteiger partial charge in [0.25, 0.3) is 0 Å². The zero-order valence-corrected chi connectivity index (χ0v) is 36.0. The molecule has 0 aromatic heterocycles. The molecule has 16 unspecified atom stereocenters. The van der Waals surface area contributed by atoms with Crippen molar-refractivity contribution >= 4 is 12.3 Å². The summed E-state index contributed by atoms with van der Waals surface area (Å²) in [7, 11) is 1.99. The fourth-order valence-corrected chi connectivity index (χ4v) is 18.6. The van der Waals surface area contributed by atoms with E-state index in [0.29, 0.717) is 69.1 Å². The number of likely N-dealkylation sites (N-methyl/N-ethyl adjacent to an activating group) is 1. The number of rotatable bonds is 4. The SMILES string of the molecule is CNC1Cc2ccccc2C#CCCC23CCC4C(O)(CC5CC(C(C)C6CCCC6)CCC6C(O)C7(CCCC7)CC4(C=O)C56O)C2(O)CC2CC1C1OC(=O)C=C1C23. The lowest BCUT2D eigenvalue weighted by Gasteiger charge is -2.73. The maximum atomic E-state index is 14.6. The minimum absolute atomic E-state index is 0.0148. The van der Waals surface area contributed by atoms with Gasteiger partial charge in [-0.25, -0.2) is 4.79 Å². The van der Waals surface area contributed by atoms with Crippen LogP contribution in [-0.2, 0) is 20.7 Å². The van der Waals surface area contributed by atoms with Crippen LogP contribution in [0.15, 0.2) is 35.9 Å². The molecule has 8 nitrogen and oxygen atoms in total. The lowest BCUT2D eigenvalue weighted by atomic mass is 9.33. The third-order valence-corrected chi connectivity index (χ3v) is 21.0. The molecule has 11 aliphatic rings. The van der Waals surface area contributed by atoms with E-state index in [2.05, 4.69) is 42.3 Å². The molecular formula is C52H69NO7. The van der Waals surface area contributed by atoms with Gasteiger partial charge in [-0.05, 0) is 149 Å². The minimum Gasteiger partial charge on any atom is -0.454 e. The van der Waals surface area contributed by atoms with Crippen molar-refractivity contribution in [3.05, 3.63) is 47.0 Å². The largest absolute Gasteiger partial charge is 0.454 e. The molecule has 12 rings (SSSR count). The number of aldehydes is 1. The fourth-order valence-electron chi connectivity index (χ4n) is 18.6. The molecule has 0 amide bonds. The third-order valence-electron chi connectivity index (χ3n) is 21.0. The molecule has 1 aromatic rings. The number of carbonyl (C=O) groups is 2. The summed E-state index contributed by atoms with van der Waals surface area (Å²) in [5.41, 5.74) is -4.23. The van der Waals surface area contributed by atoms with Crippen LogP contribution < -0.4 is 5.32 Å². The van der Waals surface area contributed by atoms with Crippen molar-refractivity contribution in [3.63, 3.8) is 0 Å². The van der Waals surface area contributed by atoms with Gasteiger partial charge in [0.05, 0.1) is 22.7 Å². The van der Waals surface area contributed by atoms with Crippen molar-refractivity contribution in [2.45, 2.75) is 170 Å². The average Bonchev–Trinajstić information content (AvgIpc) is 4.04. The van der Waals surface area contributed by atoms with Gasteiger partial charge in [0, 0.05) is 47.3 Å². The molecule has 4 bridgehead atoms. The first-order valence-electron chi connectivity index (χ1n) is 24.4. The highest BCUT2D eigenvalue weighted by Gasteiger charge is 2.84. The van der Waals surface area contributed by atoms with E-state index in [4.69, 9.17) is 4.74 Å². The number of benzene rings is 1. The second-order valence-electron chi connectivity index (χ2n) is 22.6. The Labute approximate surface area is 357 Å². The second-order valence-corrected chi connectivity index (χ2v) is 22.6. The summed E-state index contributed by atoms with van der Waals surface area (Å²) in [5.74, 6) is 6.31. The maximum Gasteiger partial charge on any atom is 0.331 e. The quantitative estimate of drug-likeness (QED) is 0.127. The number of carbonyl (C=O) groups excluding carboxylic acids is 2. The zero-order chi connectivity index (χ0) is 41.5. The molecule has 0 radical (unpaired) electrons. The summed E-state index contributed by atoms with van der Waals surface area (Å²) in [6.45, 7) is 2.40. The Hall–Kier alpha value is -2.54. The fraction of sp³-hybridized carbons (Fsp3) is 0.769. The van der Waals surface area contributed by atoms with Gasteiger partial charge in [0.1, 0.15) is 18.0 Å². The van der Waals surface area contributed by atoms with E-state index in [1.54, 1.807) is 6.08 Å². The Morgan fingerprint density at radius 3 is 2.48 bits per heavy atom. The zero-order valence-electron chi connectivity index (χ0n) is 36.0. The number of esters is 1. The highest BCUT2D eigenvalue weighted by atomic mass is 16.5. The summed E-state index contributed by atoms with van der Waals surface area (Å²) in [4.78, 5) is 28.1. The van der Waals surface area contributed by atoms with Gasteiger partial charge < -0.3 is 35.3 Å². The molecule has 8 heteroatoms. The number of nitrogens with one attached hydrogen (secondary N) is 1. The first-order valence-corrected chi connectivity index (χ1v) is 24.4. The Balaban J connectivity index is 1.08. The van der Waals surface area contributed by atoms with Gasteiger partial charge in [-0.3, -0.25) is 0 Å². The number of aliphatic hydroxyl groups is 4. The molecule has 5 N–H and O–H groups in total. The molecule has 10 aliphatic carbocycles. The topological polar surface area (TPSA) is 136 Å². The smallest absolute Gasteiger partial charge is 0.331 e. The number of ether oxygens (including phenoxy) is 1. The van der Waals surface area contributed by atoms with Crippen LogP contribution in [0, 0.1) is 81.3 Å². The van der Waals surface area contributed by atoms with Crippen molar-refractivity contribution in [2.24, 2.45) is 69.5 Å². The van der Waals surface area contributed by atoms with E-state index < -0.39 is 63.0 Å². The molecule has 1 aromatic carbocycles. The molecule has 8 fully saturated rings. The number of aliphatic hydroxyl groups excluding tert-OH is 1. The molecule has 8 saturated carbocycles. The first kappa shape index (κ1) is 40.2. The van der Waals surface area contributed by atoms with Crippen LogP contribution in [-0.4, -0.2) is 74.8 Å². The van der Waals surface area contributed by atoms with Crippen LogP contribution in [0.2, 0.25) is 0 Å². The Morgan fingerprint density at radius 2 is 1.72 bits per heavy atom. The standard InChI is InChI=1S/C52H69NO7/c1-31(32-11-3-4-12-32)34-16-17-40-46(56)47(19-9-10-20-47)29-49(30-54)42-18-22-48-21-8-7-14-33-13-5-6-15-35(33)25-41(53-2)38-24-36(44(48)39-26-43(55)60-45(38)39)27-51(48,58)50(42,57)28-37(23-34)52(40,49)59/h5-6,13,15,26,30-32,34,36-38,40-42,44-46,53,56-59H,3-4,8-12,16-25,27-29H2,1-2H3. The van der Waals surface area contributed by atoms with Crippen LogP contribution in [0.3, 0.4) is 0 Å². The highest BCUT2D eigenvalue weighted by molar-refractivity contribution is 5.86. The van der Waals surface area contributed by atoms with E-state index in [1.165, 1.54) is 31.2 Å². The Kier molecular flexibility index (Phi) is 9.38. The minimum atomic E-state index is -1.67. The monoisotopic (exact) mass is 820 g/mol. The van der Waals surface area contributed by atoms with Crippen LogP contribution in [0.25, 0.3) is 0 Å². The molecule has 2 spiro atoms. The highest BCUT2D eigenvalue weighted by Crippen LogP contribution is 2.79. The summed E-state index contributed by atoms with van der Waals surface area (Å²) in [6, 6.07) is 8.32. The predicted molar refractivity (Wildman–Crippen MR) is 227 cm³/mol. The molecular weight excluding hydrogens is 751 g/mol. The first-order chi connectivity index (χ1) is 28.9. The average molecular weight is 820 g/mol. The van der Waals surface area contributed by atoms with Crippen molar-refractivity contribution < 1.29 is 34.8 Å². The van der Waals surface area contributed by atoms with Crippen LogP contribution in [0.5, 0.6) is 0 Å². The van der Waals surface area contributed by atoms with Crippen LogP contribution >= 0.6 is 0 Å². The van der Waals surface area contributed by atoms with Crippen molar-refractivity contribution in [1.29, 1.82) is 0 Å². The molecule has 1 heterocycles. The van der Waals surface area contributed by atoms with Crippen molar-refractivity contribution in [3.8, 4) is 11.8 Å². The molecule has 60 heavy (non-hydrogen) atoms. The van der Waals surface area contributed by atoms with Gasteiger partial charge in [-0.15, -0.1) is 0 Å². The lowest BCUT2D eigenvalue weighted by Crippen LogP contribution is -2.82. The van der Waals surface area contributed by atoms with E-state index in [0.717, 1.165) is 62.4 Å². The molecule has 324 valence electrons. The Bertz CT molecular complexity index is 2010. The predicted octanol–water partition coefficient (Wildman–Crippen LogP) is 6.83. The molecule has 0 saturated heterocycles. The normalized spacial score (nSPS) is 49.2. The number of hydrogen-bond acceptors (Lipinski definition) is 8. The van der Waals surface area contributed by atoms with E-state index >= 15 is 0 Å². The van der Waals surface area contributed by atoms with Crippen molar-refractivity contribution in [1.82, 2.24) is 5.32 Å². The van der Waals surface area contributed by atoms with Gasteiger partial charge in [-0.1, -0.05) is 75.5 Å². The van der Waals surface area contributed by atoms with Crippen LogP contribution in [0.1, 0.15) is 140 Å². The van der Waals surface area contributed by atoms with Gasteiger partial charge >= 0.3 is 5.97 Å². The van der Waals surface area contributed by atoms with Gasteiger partial charge in [-0.2, -0.15) is 0 Å². The Morgan fingerprint density at radius 1 is 0.933 bits per heavy atom. The number of hydrogen-bond donors (Lipinski definition) is 5. The van der Waals surface area contributed by atoms with E-state index in [-0.39, 0.29) is 36.2 Å². The maximum absolute atomic E-state index is 14.6. The van der Waals surface area contributed by atoms with E-state index in [9.17, 15) is 30.0 Å². The van der Waals surface area contributed by atoms with Gasteiger partial charge in [0.2, 0.25) is 0 Å². The molecule has 16 atom stereocenters. The van der Waals surface area contributed by atoms with Crippen LogP contribution in [0.4, 0.5) is 0 Å². The number of fused-ring (bicyclic) bond motifs is 6. The summed E-state index contributed by atoms with van der Waals surface area (Å²) >= 11 is 0. The van der Waals surface area contributed by atoms with Gasteiger partial charge in [0.15, 0.2) is 0 Å².